The van der Waals surface area contributed by atoms with Gasteiger partial charge in [0.1, 0.15) is 5.82 Å². The lowest BCUT2D eigenvalue weighted by Gasteiger charge is -2.05. The molecule has 5 heteroatoms. The lowest BCUT2D eigenvalue weighted by molar-refractivity contribution is -0.113. The Bertz CT molecular complexity index is 332. The average molecular weight is 220 g/mol. The first-order valence-corrected chi connectivity index (χ1v) is 4.51. The van der Waals surface area contributed by atoms with Gasteiger partial charge in [-0.1, -0.05) is 17.7 Å². The summed E-state index contributed by atoms with van der Waals surface area (Å²) in [6.45, 7) is 0. The largest absolute Gasteiger partial charge is 0.324 e. The number of carbonyl (C=O) groups is 1. The van der Waals surface area contributed by atoms with Crippen molar-refractivity contribution in [1.82, 2.24) is 0 Å². The Morgan fingerprint density at radius 3 is 2.92 bits per heavy atom. The number of thiol groups is 1. The quantitative estimate of drug-likeness (QED) is 0.735. The summed E-state index contributed by atoms with van der Waals surface area (Å²) < 4.78 is 12.8. The molecule has 0 spiro atoms. The number of hydrogen-bond acceptors (Lipinski definition) is 2. The average Bonchev–Trinajstić information content (AvgIpc) is 2.13. The lowest BCUT2D eigenvalue weighted by atomic mass is 10.3. The van der Waals surface area contributed by atoms with Gasteiger partial charge in [0.15, 0.2) is 0 Å². The van der Waals surface area contributed by atoms with Crippen molar-refractivity contribution in [3.63, 3.8) is 0 Å². The second-order valence-electron chi connectivity index (χ2n) is 2.31. The smallest absolute Gasteiger partial charge is 0.234 e. The Morgan fingerprint density at radius 1 is 1.62 bits per heavy atom. The van der Waals surface area contributed by atoms with Gasteiger partial charge in [-0.3, -0.25) is 4.79 Å². The van der Waals surface area contributed by atoms with Crippen LogP contribution in [0.3, 0.4) is 0 Å². The van der Waals surface area contributed by atoms with Gasteiger partial charge in [0.2, 0.25) is 5.91 Å². The molecule has 0 saturated heterocycles. The van der Waals surface area contributed by atoms with Crippen LogP contribution in [0.5, 0.6) is 0 Å². The van der Waals surface area contributed by atoms with E-state index < -0.39 is 5.82 Å². The maximum atomic E-state index is 12.8. The molecule has 0 radical (unpaired) electrons. The Hall–Kier alpha value is -0.740. The van der Waals surface area contributed by atoms with Gasteiger partial charge in [0.05, 0.1) is 16.5 Å². The minimum Gasteiger partial charge on any atom is -0.324 e. The van der Waals surface area contributed by atoms with Crippen molar-refractivity contribution in [3.05, 3.63) is 29.0 Å². The molecule has 0 unspecified atom stereocenters. The highest BCUT2D eigenvalue weighted by Crippen LogP contribution is 2.24. The molecule has 0 atom stereocenters. The number of nitrogens with one attached hydrogen (secondary N) is 1. The van der Waals surface area contributed by atoms with Gasteiger partial charge in [-0.05, 0) is 12.1 Å². The summed E-state index contributed by atoms with van der Waals surface area (Å²) in [4.78, 5) is 10.9. The van der Waals surface area contributed by atoms with Gasteiger partial charge >= 0.3 is 0 Å². The fourth-order valence-corrected chi connectivity index (χ4v) is 1.04. The van der Waals surface area contributed by atoms with Crippen molar-refractivity contribution in [1.29, 1.82) is 0 Å². The summed E-state index contributed by atoms with van der Waals surface area (Å²) in [5.41, 5.74) is 0.265. The van der Waals surface area contributed by atoms with Crippen molar-refractivity contribution < 1.29 is 9.18 Å². The van der Waals surface area contributed by atoms with E-state index in [1.807, 2.05) is 0 Å². The van der Waals surface area contributed by atoms with Crippen LogP contribution in [0.25, 0.3) is 0 Å². The van der Waals surface area contributed by atoms with Crippen LogP contribution in [0, 0.1) is 5.82 Å². The minimum atomic E-state index is -0.557. The third kappa shape index (κ3) is 2.60. The molecule has 0 aliphatic heterocycles. The van der Waals surface area contributed by atoms with E-state index in [4.69, 9.17) is 11.6 Å². The van der Waals surface area contributed by atoms with Crippen molar-refractivity contribution in [2.75, 3.05) is 11.1 Å². The molecule has 0 bridgehead atoms. The molecule has 1 amide bonds. The zero-order valence-electron chi connectivity index (χ0n) is 6.55. The third-order valence-electron chi connectivity index (χ3n) is 1.37. The summed E-state index contributed by atoms with van der Waals surface area (Å²) in [5, 5.41) is 2.33. The highest BCUT2D eigenvalue weighted by atomic mass is 35.5. The van der Waals surface area contributed by atoms with Gasteiger partial charge < -0.3 is 5.32 Å². The van der Waals surface area contributed by atoms with E-state index in [0.29, 0.717) is 0 Å². The van der Waals surface area contributed by atoms with E-state index in [9.17, 15) is 9.18 Å². The van der Waals surface area contributed by atoms with E-state index in [2.05, 4.69) is 17.9 Å². The van der Waals surface area contributed by atoms with Crippen LogP contribution in [-0.4, -0.2) is 11.7 Å². The molecule has 0 aromatic heterocycles. The predicted molar refractivity (Wildman–Crippen MR) is 53.9 cm³/mol. The SMILES string of the molecule is O=C(CS)Nc1cccc(F)c1Cl. The highest BCUT2D eigenvalue weighted by molar-refractivity contribution is 7.81. The van der Waals surface area contributed by atoms with Crippen LogP contribution in [0.1, 0.15) is 0 Å². The van der Waals surface area contributed by atoms with Crippen LogP contribution in [0.2, 0.25) is 5.02 Å². The van der Waals surface area contributed by atoms with Gasteiger partial charge in [-0.15, -0.1) is 0 Å². The van der Waals surface area contributed by atoms with E-state index >= 15 is 0 Å². The Kier molecular flexibility index (Phi) is 3.57. The summed E-state index contributed by atoms with van der Waals surface area (Å²) in [6.07, 6.45) is 0. The van der Waals surface area contributed by atoms with Crippen molar-refractivity contribution in [2.24, 2.45) is 0 Å². The van der Waals surface area contributed by atoms with E-state index in [1.54, 1.807) is 0 Å². The first-order chi connectivity index (χ1) is 6.15. The van der Waals surface area contributed by atoms with Gasteiger partial charge in [-0.2, -0.15) is 12.6 Å². The van der Waals surface area contributed by atoms with E-state index in [-0.39, 0.29) is 22.4 Å². The highest BCUT2D eigenvalue weighted by Gasteiger charge is 2.07. The first-order valence-electron chi connectivity index (χ1n) is 3.50. The molecule has 1 N–H and O–H groups in total. The van der Waals surface area contributed by atoms with E-state index in [1.165, 1.54) is 18.2 Å². The summed E-state index contributed by atoms with van der Waals surface area (Å²) in [5.74, 6) is -0.846. The molecule has 0 aliphatic carbocycles. The van der Waals surface area contributed by atoms with Crippen molar-refractivity contribution in [3.8, 4) is 0 Å². The second-order valence-corrected chi connectivity index (χ2v) is 3.00. The zero-order chi connectivity index (χ0) is 9.84. The maximum absolute atomic E-state index is 12.8. The lowest BCUT2D eigenvalue weighted by Crippen LogP contribution is -2.13. The zero-order valence-corrected chi connectivity index (χ0v) is 8.20. The van der Waals surface area contributed by atoms with Gasteiger partial charge in [0, 0.05) is 0 Å². The molecular weight excluding hydrogens is 213 g/mol. The molecule has 1 aromatic rings. The molecular formula is C8H7ClFNOS. The number of carbonyl (C=O) groups excluding carboxylic acids is 1. The van der Waals surface area contributed by atoms with Crippen LogP contribution in [0.4, 0.5) is 10.1 Å². The molecule has 0 fully saturated rings. The molecule has 13 heavy (non-hydrogen) atoms. The summed E-state index contributed by atoms with van der Waals surface area (Å²) in [7, 11) is 0. The topological polar surface area (TPSA) is 29.1 Å². The number of halogens is 2. The number of anilines is 1. The van der Waals surface area contributed by atoms with Crippen LogP contribution < -0.4 is 5.32 Å². The Labute approximate surface area is 85.5 Å². The normalized spacial score (nSPS) is 9.77. The number of rotatable bonds is 2. The van der Waals surface area contributed by atoms with E-state index in [0.717, 1.165) is 0 Å². The Balaban J connectivity index is 2.89. The predicted octanol–water partition coefficient (Wildman–Crippen LogP) is 2.35. The van der Waals surface area contributed by atoms with Crippen LogP contribution in [-0.2, 0) is 4.79 Å². The monoisotopic (exact) mass is 219 g/mol. The molecule has 70 valence electrons. The van der Waals surface area contributed by atoms with Crippen molar-refractivity contribution >= 4 is 35.8 Å². The third-order valence-corrected chi connectivity index (χ3v) is 2.04. The molecule has 1 aromatic carbocycles. The molecule has 2 nitrogen and oxygen atoms in total. The molecule has 0 saturated carbocycles. The number of benzene rings is 1. The minimum absolute atomic E-state index is 0.0346. The van der Waals surface area contributed by atoms with Crippen LogP contribution >= 0.6 is 24.2 Å². The summed E-state index contributed by atoms with van der Waals surface area (Å²) >= 11 is 9.34. The fraction of sp³-hybridized carbons (Fsp3) is 0.125. The maximum Gasteiger partial charge on any atom is 0.234 e. The Morgan fingerprint density at radius 2 is 2.31 bits per heavy atom. The standard InChI is InChI=1S/C8H7ClFNOS/c9-8-5(10)2-1-3-6(8)11-7(12)4-13/h1-3,13H,4H2,(H,11,12). The van der Waals surface area contributed by atoms with Crippen molar-refractivity contribution in [2.45, 2.75) is 0 Å². The molecule has 0 aliphatic rings. The van der Waals surface area contributed by atoms with Gasteiger partial charge in [-0.25, -0.2) is 4.39 Å². The second kappa shape index (κ2) is 4.48. The molecule has 1 rings (SSSR count). The summed E-state index contributed by atoms with van der Waals surface area (Å²) in [6, 6.07) is 4.21. The fourth-order valence-electron chi connectivity index (χ4n) is 0.790. The van der Waals surface area contributed by atoms with Crippen LogP contribution in [0.15, 0.2) is 18.2 Å². The first kappa shape index (κ1) is 10.3. The number of amides is 1. The molecule has 0 heterocycles. The van der Waals surface area contributed by atoms with Gasteiger partial charge in [0.25, 0.3) is 0 Å². The number of hydrogen-bond donors (Lipinski definition) is 2.